The van der Waals surface area contributed by atoms with E-state index >= 15 is 0 Å². The van der Waals surface area contributed by atoms with Crippen molar-refractivity contribution >= 4 is 11.9 Å². The smallest absolute Gasteiger partial charge is 0.334 e. The molecule has 0 unspecified atom stereocenters. The number of rotatable bonds is 5. The second-order valence-corrected chi connectivity index (χ2v) is 2.43. The molecule has 0 aromatic carbocycles. The zero-order valence-electron chi connectivity index (χ0n) is 8.12. The van der Waals surface area contributed by atoms with Gasteiger partial charge < -0.3 is 9.47 Å². The molecule has 0 aliphatic carbocycles. The van der Waals surface area contributed by atoms with Crippen LogP contribution >= 0.6 is 0 Å². The van der Waals surface area contributed by atoms with E-state index in [-0.39, 0.29) is 0 Å². The molecule has 0 aliphatic rings. The summed E-state index contributed by atoms with van der Waals surface area (Å²) in [7, 11) is 2.46. The summed E-state index contributed by atoms with van der Waals surface area (Å²) in [6.07, 6.45) is 0.824. The lowest BCUT2D eigenvalue weighted by molar-refractivity contribution is -0.155. The predicted molar refractivity (Wildman–Crippen MR) is 46.1 cm³/mol. The number of carbonyl (C=O) groups excluding carboxylic acids is 2. The molecule has 13 heavy (non-hydrogen) atoms. The van der Waals surface area contributed by atoms with Crippen LogP contribution < -0.4 is 5.32 Å². The molecule has 0 rings (SSSR count). The summed E-state index contributed by atoms with van der Waals surface area (Å²) in [6.45, 7) is 2.49. The lowest BCUT2D eigenvalue weighted by Gasteiger charge is -2.12. The summed E-state index contributed by atoms with van der Waals surface area (Å²) in [5, 5.41) is 2.72. The van der Waals surface area contributed by atoms with E-state index in [1.807, 2.05) is 6.92 Å². The average molecular weight is 189 g/mol. The molecule has 0 heterocycles. The highest BCUT2D eigenvalue weighted by molar-refractivity contribution is 5.99. The largest absolute Gasteiger partial charge is 0.467 e. The number of ether oxygens (including phenoxy) is 2. The molecule has 0 fully saturated rings. The van der Waals surface area contributed by atoms with Gasteiger partial charge in [-0.25, -0.2) is 9.59 Å². The molecule has 0 bridgehead atoms. The fourth-order valence-corrected chi connectivity index (χ4v) is 0.787. The molecule has 0 aromatic rings. The lowest BCUT2D eigenvalue weighted by atomic mass is 10.3. The molecular formula is C8H15NO4. The van der Waals surface area contributed by atoms with Crippen molar-refractivity contribution in [1.29, 1.82) is 0 Å². The summed E-state index contributed by atoms with van der Waals surface area (Å²) in [6, 6.07) is -1.00. The predicted octanol–water partition coefficient (Wildman–Crippen LogP) is -0.299. The minimum atomic E-state index is -1.00. The van der Waals surface area contributed by atoms with Crippen molar-refractivity contribution in [3.63, 3.8) is 0 Å². The van der Waals surface area contributed by atoms with Gasteiger partial charge in [-0.2, -0.15) is 0 Å². The number of esters is 2. The maximum Gasteiger partial charge on any atom is 0.334 e. The Morgan fingerprint density at radius 3 is 2.00 bits per heavy atom. The van der Waals surface area contributed by atoms with E-state index in [1.165, 1.54) is 14.2 Å². The van der Waals surface area contributed by atoms with Crippen molar-refractivity contribution in [2.24, 2.45) is 0 Å². The minimum absolute atomic E-state index is 0.564. The molecule has 0 saturated heterocycles. The second-order valence-electron chi connectivity index (χ2n) is 2.43. The number of hydrogen-bond acceptors (Lipinski definition) is 5. The SMILES string of the molecule is CCCNC(C(=O)OC)C(=O)OC. The van der Waals surface area contributed by atoms with Gasteiger partial charge >= 0.3 is 11.9 Å². The van der Waals surface area contributed by atoms with Gasteiger partial charge in [-0.15, -0.1) is 0 Å². The molecule has 0 aliphatic heterocycles. The molecule has 0 atom stereocenters. The summed E-state index contributed by atoms with van der Waals surface area (Å²) >= 11 is 0. The molecule has 0 aromatic heterocycles. The van der Waals surface area contributed by atoms with Gasteiger partial charge in [0.15, 0.2) is 0 Å². The Kier molecular flexibility index (Phi) is 5.88. The third-order valence-corrected chi connectivity index (χ3v) is 1.47. The maximum absolute atomic E-state index is 11.0. The molecular weight excluding hydrogens is 174 g/mol. The van der Waals surface area contributed by atoms with E-state index in [9.17, 15) is 9.59 Å². The molecule has 5 heteroatoms. The third-order valence-electron chi connectivity index (χ3n) is 1.47. The van der Waals surface area contributed by atoms with Crippen LogP contribution in [-0.2, 0) is 19.1 Å². The Bertz CT molecular complexity index is 165. The van der Waals surface area contributed by atoms with Crippen LogP contribution in [0, 0.1) is 0 Å². The molecule has 0 amide bonds. The van der Waals surface area contributed by atoms with E-state index in [1.54, 1.807) is 0 Å². The summed E-state index contributed by atoms with van der Waals surface area (Å²) < 4.78 is 8.86. The molecule has 76 valence electrons. The monoisotopic (exact) mass is 189 g/mol. The topological polar surface area (TPSA) is 64.6 Å². The zero-order valence-corrected chi connectivity index (χ0v) is 8.12. The van der Waals surface area contributed by atoms with Crippen molar-refractivity contribution in [1.82, 2.24) is 5.32 Å². The summed E-state index contributed by atoms with van der Waals surface area (Å²) in [5.74, 6) is -1.25. The maximum atomic E-state index is 11.0. The number of hydrogen-bond donors (Lipinski definition) is 1. The van der Waals surface area contributed by atoms with Crippen molar-refractivity contribution in [3.05, 3.63) is 0 Å². The van der Waals surface area contributed by atoms with Gasteiger partial charge in [0, 0.05) is 0 Å². The fourth-order valence-electron chi connectivity index (χ4n) is 0.787. The van der Waals surface area contributed by atoms with Gasteiger partial charge in [0.05, 0.1) is 14.2 Å². The van der Waals surface area contributed by atoms with Crippen LogP contribution in [0.1, 0.15) is 13.3 Å². The van der Waals surface area contributed by atoms with Crippen molar-refractivity contribution in [2.75, 3.05) is 20.8 Å². The number of methoxy groups -OCH3 is 2. The molecule has 0 radical (unpaired) electrons. The quantitative estimate of drug-likeness (QED) is 0.475. The van der Waals surface area contributed by atoms with Crippen LogP contribution in [0.15, 0.2) is 0 Å². The second kappa shape index (κ2) is 6.42. The minimum Gasteiger partial charge on any atom is -0.467 e. The van der Waals surface area contributed by atoms with Crippen molar-refractivity contribution in [3.8, 4) is 0 Å². The number of carbonyl (C=O) groups is 2. The Labute approximate surface area is 77.4 Å². The molecule has 0 spiro atoms. The lowest BCUT2D eigenvalue weighted by Crippen LogP contribution is -2.45. The van der Waals surface area contributed by atoms with Gasteiger partial charge in [-0.1, -0.05) is 6.92 Å². The Balaban J connectivity index is 4.18. The van der Waals surface area contributed by atoms with Crippen molar-refractivity contribution < 1.29 is 19.1 Å². The molecule has 1 N–H and O–H groups in total. The average Bonchev–Trinajstić information content (AvgIpc) is 2.17. The van der Waals surface area contributed by atoms with Crippen LogP contribution in [0.3, 0.4) is 0 Å². The molecule has 0 saturated carbocycles. The van der Waals surface area contributed by atoms with Crippen LogP contribution in [0.5, 0.6) is 0 Å². The summed E-state index contributed by atoms with van der Waals surface area (Å²) in [4.78, 5) is 22.1. The highest BCUT2D eigenvalue weighted by Crippen LogP contribution is 1.91. The van der Waals surface area contributed by atoms with Crippen LogP contribution in [0.4, 0.5) is 0 Å². The van der Waals surface area contributed by atoms with Gasteiger partial charge in [0.25, 0.3) is 0 Å². The highest BCUT2D eigenvalue weighted by atomic mass is 16.5. The first kappa shape index (κ1) is 11.9. The van der Waals surface area contributed by atoms with E-state index in [2.05, 4.69) is 14.8 Å². The van der Waals surface area contributed by atoms with E-state index in [0.717, 1.165) is 6.42 Å². The normalized spacial score (nSPS) is 9.85. The van der Waals surface area contributed by atoms with E-state index in [0.29, 0.717) is 6.54 Å². The Morgan fingerprint density at radius 2 is 1.69 bits per heavy atom. The first-order valence-corrected chi connectivity index (χ1v) is 4.06. The first-order valence-electron chi connectivity index (χ1n) is 4.06. The zero-order chi connectivity index (χ0) is 10.3. The van der Waals surface area contributed by atoms with Crippen LogP contribution in [0.2, 0.25) is 0 Å². The van der Waals surface area contributed by atoms with E-state index < -0.39 is 18.0 Å². The van der Waals surface area contributed by atoms with Gasteiger partial charge in [0.1, 0.15) is 0 Å². The van der Waals surface area contributed by atoms with Crippen molar-refractivity contribution in [2.45, 2.75) is 19.4 Å². The van der Waals surface area contributed by atoms with Crippen LogP contribution in [-0.4, -0.2) is 38.7 Å². The molecule has 5 nitrogen and oxygen atoms in total. The van der Waals surface area contributed by atoms with Gasteiger partial charge in [0.2, 0.25) is 6.04 Å². The number of nitrogens with one attached hydrogen (secondary N) is 1. The van der Waals surface area contributed by atoms with Gasteiger partial charge in [-0.05, 0) is 13.0 Å². The fraction of sp³-hybridized carbons (Fsp3) is 0.750. The Morgan fingerprint density at radius 1 is 1.23 bits per heavy atom. The third kappa shape index (κ3) is 3.89. The summed E-state index contributed by atoms with van der Waals surface area (Å²) in [5.41, 5.74) is 0. The van der Waals surface area contributed by atoms with E-state index in [4.69, 9.17) is 0 Å². The highest BCUT2D eigenvalue weighted by Gasteiger charge is 2.27. The Hall–Kier alpha value is -1.10. The first-order chi connectivity index (χ1) is 6.17. The van der Waals surface area contributed by atoms with Crippen LogP contribution in [0.25, 0.3) is 0 Å². The van der Waals surface area contributed by atoms with Gasteiger partial charge in [-0.3, -0.25) is 5.32 Å². The standard InChI is InChI=1S/C8H15NO4/c1-4-5-9-6(7(10)12-2)8(11)13-3/h6,9H,4-5H2,1-3H3.